The van der Waals surface area contributed by atoms with Crippen molar-refractivity contribution in [2.75, 3.05) is 14.1 Å². The molecule has 0 aliphatic carbocycles. The first-order valence-electron chi connectivity index (χ1n) is 6.77. The molecule has 0 bridgehead atoms. The minimum atomic E-state index is -0.328. The lowest BCUT2D eigenvalue weighted by Crippen LogP contribution is -2.34. The number of benzene rings is 1. The lowest BCUT2D eigenvalue weighted by atomic mass is 10.2. The van der Waals surface area contributed by atoms with E-state index in [2.05, 4.69) is 10.3 Å². The van der Waals surface area contributed by atoms with Gasteiger partial charge in [-0.05, 0) is 29.8 Å². The number of hydrogen-bond acceptors (Lipinski definition) is 3. The highest BCUT2D eigenvalue weighted by atomic mass is 16.2. The van der Waals surface area contributed by atoms with Crippen LogP contribution in [0.1, 0.15) is 15.9 Å². The maximum atomic E-state index is 12.2. The van der Waals surface area contributed by atoms with Gasteiger partial charge >= 0.3 is 0 Å². The highest BCUT2D eigenvalue weighted by Gasteiger charge is 2.15. The van der Waals surface area contributed by atoms with Gasteiger partial charge in [0.05, 0.1) is 0 Å². The third kappa shape index (κ3) is 4.02. The number of likely N-dealkylation sites (N-methyl/N-ethyl adjacent to an activating group) is 1. The molecule has 1 N–H and O–H groups in total. The van der Waals surface area contributed by atoms with Crippen LogP contribution < -0.4 is 5.32 Å². The van der Waals surface area contributed by atoms with Crippen molar-refractivity contribution in [3.8, 4) is 0 Å². The van der Waals surface area contributed by atoms with E-state index in [9.17, 15) is 9.59 Å². The fraction of sp³-hybridized carbons (Fsp3) is 0.118. The number of aromatic nitrogens is 1. The molecule has 0 atom stereocenters. The normalized spacial score (nSPS) is 10.9. The van der Waals surface area contributed by atoms with Gasteiger partial charge in [0.25, 0.3) is 11.8 Å². The molecular formula is C17H17N3O2. The van der Waals surface area contributed by atoms with E-state index in [1.807, 2.05) is 12.1 Å². The largest absolute Gasteiger partial charge is 0.344 e. The number of amides is 2. The molecule has 2 rings (SSSR count). The van der Waals surface area contributed by atoms with Crippen LogP contribution in [0.2, 0.25) is 0 Å². The van der Waals surface area contributed by atoms with Gasteiger partial charge in [-0.25, -0.2) is 0 Å². The zero-order valence-electron chi connectivity index (χ0n) is 12.5. The molecule has 0 spiro atoms. The average Bonchev–Trinajstić information content (AvgIpc) is 2.55. The molecular weight excluding hydrogens is 278 g/mol. The second-order valence-corrected chi connectivity index (χ2v) is 4.86. The molecule has 5 heteroatoms. The molecule has 0 unspecified atom stereocenters. The minimum Gasteiger partial charge on any atom is -0.344 e. The number of pyridine rings is 1. The first-order chi connectivity index (χ1) is 10.6. The van der Waals surface area contributed by atoms with Crippen molar-refractivity contribution in [2.24, 2.45) is 0 Å². The monoisotopic (exact) mass is 295 g/mol. The quantitative estimate of drug-likeness (QED) is 0.877. The van der Waals surface area contributed by atoms with Gasteiger partial charge in [-0.15, -0.1) is 0 Å². The molecule has 0 radical (unpaired) electrons. The van der Waals surface area contributed by atoms with Crippen LogP contribution in [0.5, 0.6) is 0 Å². The molecule has 0 saturated carbocycles. The second kappa shape index (κ2) is 7.17. The van der Waals surface area contributed by atoms with Crippen molar-refractivity contribution >= 4 is 17.9 Å². The van der Waals surface area contributed by atoms with Crippen LogP contribution in [0, 0.1) is 0 Å². The predicted molar refractivity (Wildman–Crippen MR) is 84.8 cm³/mol. The van der Waals surface area contributed by atoms with Crippen LogP contribution in [0.25, 0.3) is 6.08 Å². The van der Waals surface area contributed by atoms with Crippen molar-refractivity contribution in [3.05, 3.63) is 71.7 Å². The lowest BCUT2D eigenvalue weighted by Gasteiger charge is -2.14. The number of nitrogens with one attached hydrogen (secondary N) is 1. The molecule has 2 aromatic rings. The molecule has 2 amide bonds. The molecule has 0 aliphatic heterocycles. The highest BCUT2D eigenvalue weighted by Crippen LogP contribution is 2.07. The molecule has 0 aliphatic rings. The van der Waals surface area contributed by atoms with Crippen LogP contribution >= 0.6 is 0 Å². The molecule has 5 nitrogen and oxygen atoms in total. The Morgan fingerprint density at radius 3 is 2.41 bits per heavy atom. The second-order valence-electron chi connectivity index (χ2n) is 4.86. The summed E-state index contributed by atoms with van der Waals surface area (Å²) in [6.07, 6.45) is 4.88. The predicted octanol–water partition coefficient (Wildman–Crippen LogP) is 1.94. The van der Waals surface area contributed by atoms with Crippen LogP contribution in [-0.2, 0) is 4.79 Å². The highest BCUT2D eigenvalue weighted by molar-refractivity contribution is 6.05. The first kappa shape index (κ1) is 15.4. The average molecular weight is 295 g/mol. The van der Waals surface area contributed by atoms with Crippen molar-refractivity contribution in [2.45, 2.75) is 0 Å². The Hall–Kier alpha value is -2.95. The van der Waals surface area contributed by atoms with Gasteiger partial charge in [-0.1, -0.05) is 24.3 Å². The van der Waals surface area contributed by atoms with E-state index >= 15 is 0 Å². The topological polar surface area (TPSA) is 62.3 Å². The third-order valence-electron chi connectivity index (χ3n) is 2.92. The SMILES string of the molecule is CN(C)C(=O)/C(=C/c1cccnc1)NC(=O)c1ccccc1. The van der Waals surface area contributed by atoms with Crippen LogP contribution in [-0.4, -0.2) is 35.8 Å². The van der Waals surface area contributed by atoms with Crippen molar-refractivity contribution in [3.63, 3.8) is 0 Å². The summed E-state index contributed by atoms with van der Waals surface area (Å²) >= 11 is 0. The number of rotatable bonds is 4. The van der Waals surface area contributed by atoms with Crippen molar-refractivity contribution < 1.29 is 9.59 Å². The third-order valence-corrected chi connectivity index (χ3v) is 2.92. The van der Waals surface area contributed by atoms with Crippen LogP contribution in [0.3, 0.4) is 0 Å². The Morgan fingerprint density at radius 2 is 1.82 bits per heavy atom. The van der Waals surface area contributed by atoms with E-state index in [1.165, 1.54) is 4.90 Å². The van der Waals surface area contributed by atoms with Crippen LogP contribution in [0.15, 0.2) is 60.6 Å². The van der Waals surface area contributed by atoms with E-state index in [4.69, 9.17) is 0 Å². The van der Waals surface area contributed by atoms with Crippen molar-refractivity contribution in [1.29, 1.82) is 0 Å². The van der Waals surface area contributed by atoms with Gasteiger partial charge in [0, 0.05) is 32.1 Å². The Labute approximate surface area is 129 Å². The standard InChI is InChI=1S/C17H17N3O2/c1-20(2)17(22)15(11-13-7-6-10-18-12-13)19-16(21)14-8-4-3-5-9-14/h3-12H,1-2H3,(H,19,21)/b15-11-. The Kier molecular flexibility index (Phi) is 5.03. The molecule has 0 fully saturated rings. The summed E-state index contributed by atoms with van der Waals surface area (Å²) in [7, 11) is 3.27. The summed E-state index contributed by atoms with van der Waals surface area (Å²) in [6.45, 7) is 0. The molecule has 1 aromatic carbocycles. The lowest BCUT2D eigenvalue weighted by molar-refractivity contribution is -0.124. The number of nitrogens with zero attached hydrogens (tertiary/aromatic N) is 2. The maximum absolute atomic E-state index is 12.2. The number of carbonyl (C=O) groups excluding carboxylic acids is 2. The maximum Gasteiger partial charge on any atom is 0.269 e. The molecule has 1 aromatic heterocycles. The van der Waals surface area contributed by atoms with E-state index in [1.54, 1.807) is 62.9 Å². The first-order valence-corrected chi connectivity index (χ1v) is 6.77. The molecule has 22 heavy (non-hydrogen) atoms. The Morgan fingerprint density at radius 1 is 1.09 bits per heavy atom. The number of hydrogen-bond donors (Lipinski definition) is 1. The van der Waals surface area contributed by atoms with Gasteiger partial charge < -0.3 is 10.2 Å². The summed E-state index contributed by atoms with van der Waals surface area (Å²) in [5.41, 5.74) is 1.43. The van der Waals surface area contributed by atoms with Crippen LogP contribution in [0.4, 0.5) is 0 Å². The zero-order chi connectivity index (χ0) is 15.9. The summed E-state index contributed by atoms with van der Waals surface area (Å²) in [4.78, 5) is 29.9. The van der Waals surface area contributed by atoms with Crippen molar-refractivity contribution in [1.82, 2.24) is 15.2 Å². The molecule has 1 heterocycles. The van der Waals surface area contributed by atoms with Gasteiger partial charge in [0.15, 0.2) is 0 Å². The summed E-state index contributed by atoms with van der Waals surface area (Å²) in [5, 5.41) is 2.67. The van der Waals surface area contributed by atoms with Gasteiger partial charge in [0.2, 0.25) is 0 Å². The van der Waals surface area contributed by atoms with E-state index in [0.29, 0.717) is 5.56 Å². The summed E-state index contributed by atoms with van der Waals surface area (Å²) in [6, 6.07) is 12.3. The number of carbonyl (C=O) groups is 2. The molecule has 112 valence electrons. The summed E-state index contributed by atoms with van der Waals surface area (Å²) in [5.74, 6) is -0.612. The minimum absolute atomic E-state index is 0.201. The van der Waals surface area contributed by atoms with E-state index in [-0.39, 0.29) is 17.5 Å². The smallest absolute Gasteiger partial charge is 0.269 e. The van der Waals surface area contributed by atoms with Gasteiger partial charge in [-0.2, -0.15) is 0 Å². The Bertz CT molecular complexity index is 680. The fourth-order valence-corrected chi connectivity index (χ4v) is 1.80. The van der Waals surface area contributed by atoms with Gasteiger partial charge in [0.1, 0.15) is 5.70 Å². The fourth-order valence-electron chi connectivity index (χ4n) is 1.80. The van der Waals surface area contributed by atoms with Gasteiger partial charge in [-0.3, -0.25) is 14.6 Å². The Balaban J connectivity index is 2.28. The molecule has 0 saturated heterocycles. The van der Waals surface area contributed by atoms with E-state index in [0.717, 1.165) is 5.56 Å². The zero-order valence-corrected chi connectivity index (χ0v) is 12.5. The van der Waals surface area contributed by atoms with E-state index < -0.39 is 0 Å². The summed E-state index contributed by atoms with van der Waals surface area (Å²) < 4.78 is 0.